The molecule has 6 nitrogen and oxygen atoms in total. The Hall–Kier alpha value is -2.86. The molecule has 0 atom stereocenters. The first-order valence-electron chi connectivity index (χ1n) is 8.73. The predicted octanol–water partition coefficient (Wildman–Crippen LogP) is 3.13. The van der Waals surface area contributed by atoms with Crippen LogP contribution in [0.2, 0.25) is 0 Å². The highest BCUT2D eigenvalue weighted by atomic mass is 16.5. The van der Waals surface area contributed by atoms with Gasteiger partial charge >= 0.3 is 5.76 Å². The molecule has 26 heavy (non-hydrogen) atoms. The van der Waals surface area contributed by atoms with E-state index < -0.39 is 5.76 Å². The second-order valence-electron chi connectivity index (χ2n) is 6.51. The van der Waals surface area contributed by atoms with Crippen molar-refractivity contribution in [3.05, 3.63) is 70.7 Å². The van der Waals surface area contributed by atoms with Gasteiger partial charge in [-0.1, -0.05) is 30.3 Å². The van der Waals surface area contributed by atoms with Crippen molar-refractivity contribution in [2.75, 3.05) is 7.11 Å². The molecule has 0 spiro atoms. The van der Waals surface area contributed by atoms with Gasteiger partial charge in [0.25, 0.3) is 0 Å². The molecule has 0 N–H and O–H groups in total. The van der Waals surface area contributed by atoms with E-state index in [0.717, 1.165) is 30.7 Å². The maximum absolute atomic E-state index is 12.2. The Bertz CT molecular complexity index is 911. The predicted molar refractivity (Wildman–Crippen MR) is 97.8 cm³/mol. The lowest BCUT2D eigenvalue weighted by atomic mass is 10.2. The molecule has 1 fully saturated rings. The molecule has 1 saturated carbocycles. The SMILES string of the molecule is COc1ccc(CN(Cn2nc(-c3ccccc3)oc2=O)C2CC2)cc1. The lowest BCUT2D eigenvalue weighted by molar-refractivity contribution is 0.182. The highest BCUT2D eigenvalue weighted by Crippen LogP contribution is 2.29. The Kier molecular flexibility index (Phi) is 4.58. The average Bonchev–Trinajstić information content (AvgIpc) is 3.46. The summed E-state index contributed by atoms with van der Waals surface area (Å²) in [7, 11) is 1.66. The maximum atomic E-state index is 12.2. The number of rotatable bonds is 7. The third-order valence-electron chi connectivity index (χ3n) is 4.55. The Labute approximate surface area is 151 Å². The van der Waals surface area contributed by atoms with Crippen molar-refractivity contribution in [3.8, 4) is 17.2 Å². The van der Waals surface area contributed by atoms with E-state index in [-0.39, 0.29) is 0 Å². The molecule has 0 saturated heterocycles. The van der Waals surface area contributed by atoms with Crippen LogP contribution in [0.4, 0.5) is 0 Å². The lowest BCUT2D eigenvalue weighted by Gasteiger charge is -2.21. The molecule has 1 aliphatic rings. The minimum atomic E-state index is -0.427. The molecule has 2 aromatic carbocycles. The summed E-state index contributed by atoms with van der Waals surface area (Å²) in [6, 6.07) is 18.0. The first kappa shape index (κ1) is 16.6. The van der Waals surface area contributed by atoms with Crippen molar-refractivity contribution in [2.24, 2.45) is 0 Å². The van der Waals surface area contributed by atoms with Gasteiger partial charge in [0.1, 0.15) is 12.4 Å². The van der Waals surface area contributed by atoms with Crippen molar-refractivity contribution >= 4 is 0 Å². The summed E-state index contributed by atoms with van der Waals surface area (Å²) in [5, 5.41) is 4.37. The molecule has 1 heterocycles. The Morgan fingerprint density at radius 1 is 1.15 bits per heavy atom. The van der Waals surface area contributed by atoms with Crippen LogP contribution in [0.15, 0.2) is 63.8 Å². The summed E-state index contributed by atoms with van der Waals surface area (Å²) in [6.07, 6.45) is 2.29. The minimum Gasteiger partial charge on any atom is -0.497 e. The monoisotopic (exact) mass is 351 g/mol. The maximum Gasteiger partial charge on any atom is 0.438 e. The molecule has 0 radical (unpaired) electrons. The van der Waals surface area contributed by atoms with E-state index in [9.17, 15) is 4.79 Å². The summed E-state index contributed by atoms with van der Waals surface area (Å²) in [6.45, 7) is 1.18. The average molecular weight is 351 g/mol. The number of nitrogens with zero attached hydrogens (tertiary/aromatic N) is 3. The van der Waals surface area contributed by atoms with Gasteiger partial charge in [0.05, 0.1) is 7.11 Å². The normalized spacial score (nSPS) is 13.9. The van der Waals surface area contributed by atoms with Crippen molar-refractivity contribution in [3.63, 3.8) is 0 Å². The largest absolute Gasteiger partial charge is 0.497 e. The molecular weight excluding hydrogens is 330 g/mol. The summed E-state index contributed by atoms with van der Waals surface area (Å²) in [5.74, 6) is 0.770. The number of hydrogen-bond donors (Lipinski definition) is 0. The molecule has 3 aromatic rings. The Morgan fingerprint density at radius 3 is 2.54 bits per heavy atom. The number of methoxy groups -OCH3 is 1. The van der Waals surface area contributed by atoms with Crippen molar-refractivity contribution in [1.82, 2.24) is 14.7 Å². The van der Waals surface area contributed by atoms with E-state index in [1.807, 2.05) is 42.5 Å². The van der Waals surface area contributed by atoms with Gasteiger partial charge in [-0.2, -0.15) is 4.68 Å². The van der Waals surface area contributed by atoms with E-state index >= 15 is 0 Å². The van der Waals surface area contributed by atoms with Crippen LogP contribution in [-0.2, 0) is 13.2 Å². The lowest BCUT2D eigenvalue weighted by Crippen LogP contribution is -2.32. The second-order valence-corrected chi connectivity index (χ2v) is 6.51. The van der Waals surface area contributed by atoms with Crippen LogP contribution in [0.1, 0.15) is 18.4 Å². The van der Waals surface area contributed by atoms with Crippen molar-refractivity contribution in [1.29, 1.82) is 0 Å². The van der Waals surface area contributed by atoms with E-state index in [4.69, 9.17) is 9.15 Å². The van der Waals surface area contributed by atoms with Gasteiger partial charge in [0.2, 0.25) is 5.89 Å². The Morgan fingerprint density at radius 2 is 1.88 bits per heavy atom. The van der Waals surface area contributed by atoms with Crippen molar-refractivity contribution in [2.45, 2.75) is 32.1 Å². The molecule has 1 aliphatic carbocycles. The zero-order valence-electron chi connectivity index (χ0n) is 14.7. The van der Waals surface area contributed by atoms with Crippen LogP contribution in [0.3, 0.4) is 0 Å². The molecule has 0 amide bonds. The van der Waals surface area contributed by atoms with E-state index in [0.29, 0.717) is 18.6 Å². The molecule has 1 aromatic heterocycles. The smallest absolute Gasteiger partial charge is 0.438 e. The summed E-state index contributed by atoms with van der Waals surface area (Å²) >= 11 is 0. The standard InChI is InChI=1S/C20H21N3O3/c1-25-18-11-7-15(8-12-18)13-22(17-9-10-17)14-23-20(24)26-19(21-23)16-5-3-2-4-6-16/h2-8,11-12,17H,9-10,13-14H2,1H3. The zero-order valence-corrected chi connectivity index (χ0v) is 14.7. The molecule has 0 unspecified atom stereocenters. The highest BCUT2D eigenvalue weighted by molar-refractivity contribution is 5.51. The van der Waals surface area contributed by atoms with Gasteiger partial charge in [-0.05, 0) is 42.7 Å². The molecule has 4 rings (SSSR count). The fourth-order valence-electron chi connectivity index (χ4n) is 2.96. The number of aromatic nitrogens is 2. The zero-order chi connectivity index (χ0) is 17.9. The quantitative estimate of drug-likeness (QED) is 0.654. The van der Waals surface area contributed by atoms with Crippen molar-refractivity contribution < 1.29 is 9.15 Å². The number of ether oxygens (including phenoxy) is 1. The van der Waals surface area contributed by atoms with Gasteiger partial charge in [0, 0.05) is 18.2 Å². The van der Waals surface area contributed by atoms with Gasteiger partial charge in [-0.25, -0.2) is 4.79 Å². The van der Waals surface area contributed by atoms with Crippen LogP contribution in [-0.4, -0.2) is 27.8 Å². The van der Waals surface area contributed by atoms with Crippen LogP contribution < -0.4 is 10.5 Å². The summed E-state index contributed by atoms with van der Waals surface area (Å²) in [4.78, 5) is 14.5. The molecule has 0 aliphatic heterocycles. The van der Waals surface area contributed by atoms with Crippen LogP contribution >= 0.6 is 0 Å². The van der Waals surface area contributed by atoms with Crippen LogP contribution in [0.5, 0.6) is 5.75 Å². The topological polar surface area (TPSA) is 60.5 Å². The first-order chi connectivity index (χ1) is 12.7. The number of benzene rings is 2. The fourth-order valence-corrected chi connectivity index (χ4v) is 2.96. The summed E-state index contributed by atoms with van der Waals surface area (Å²) in [5.41, 5.74) is 1.98. The van der Waals surface area contributed by atoms with Gasteiger partial charge < -0.3 is 9.15 Å². The van der Waals surface area contributed by atoms with E-state index in [1.54, 1.807) is 7.11 Å². The highest BCUT2D eigenvalue weighted by Gasteiger charge is 2.30. The molecule has 0 bridgehead atoms. The third-order valence-corrected chi connectivity index (χ3v) is 4.55. The van der Waals surface area contributed by atoms with Crippen LogP contribution in [0, 0.1) is 0 Å². The second kappa shape index (κ2) is 7.17. The molecular formula is C20H21N3O3. The molecule has 134 valence electrons. The first-order valence-corrected chi connectivity index (χ1v) is 8.73. The number of hydrogen-bond acceptors (Lipinski definition) is 5. The van der Waals surface area contributed by atoms with Crippen LogP contribution in [0.25, 0.3) is 11.5 Å². The third kappa shape index (κ3) is 3.70. The molecule has 6 heteroatoms. The van der Waals surface area contributed by atoms with Gasteiger partial charge in [-0.3, -0.25) is 4.90 Å². The summed E-state index contributed by atoms with van der Waals surface area (Å²) < 4.78 is 12.0. The van der Waals surface area contributed by atoms with Gasteiger partial charge in [0.15, 0.2) is 0 Å². The van der Waals surface area contributed by atoms with E-state index in [2.05, 4.69) is 22.1 Å². The minimum absolute atomic E-state index is 0.357. The van der Waals surface area contributed by atoms with E-state index in [1.165, 1.54) is 10.2 Å². The fraction of sp³-hybridized carbons (Fsp3) is 0.300. The Balaban J connectivity index is 1.52. The van der Waals surface area contributed by atoms with Gasteiger partial charge in [-0.15, -0.1) is 5.10 Å².